The summed E-state index contributed by atoms with van der Waals surface area (Å²) in [6.07, 6.45) is -3.54. The lowest BCUT2D eigenvalue weighted by Crippen LogP contribution is -2.32. The van der Waals surface area contributed by atoms with Crippen LogP contribution in [0.3, 0.4) is 0 Å². The number of sulfonamides is 1. The first-order valence-corrected chi connectivity index (χ1v) is 11.2. The molecule has 2 aromatic heterocycles. The van der Waals surface area contributed by atoms with E-state index in [9.17, 15) is 26.0 Å². The lowest BCUT2D eigenvalue weighted by molar-refractivity contribution is -0.143. The van der Waals surface area contributed by atoms with E-state index in [1.807, 2.05) is 12.1 Å². The number of alkyl halides is 3. The molecular formula is C23H17F4N3O2S. The van der Waals surface area contributed by atoms with Gasteiger partial charge in [-0.05, 0) is 36.6 Å². The summed E-state index contributed by atoms with van der Waals surface area (Å²) < 4.78 is 81.2. The van der Waals surface area contributed by atoms with Crippen LogP contribution in [0, 0.1) is 12.7 Å². The van der Waals surface area contributed by atoms with Gasteiger partial charge in [0, 0.05) is 17.1 Å². The highest BCUT2D eigenvalue weighted by molar-refractivity contribution is 7.92. The van der Waals surface area contributed by atoms with Gasteiger partial charge in [-0.3, -0.25) is 0 Å². The van der Waals surface area contributed by atoms with Gasteiger partial charge < -0.3 is 0 Å². The Kier molecular flexibility index (Phi) is 5.79. The van der Waals surface area contributed by atoms with Crippen molar-refractivity contribution in [1.82, 2.24) is 9.97 Å². The molecule has 0 aliphatic heterocycles. The number of rotatable bonds is 5. The van der Waals surface area contributed by atoms with E-state index in [4.69, 9.17) is 0 Å². The van der Waals surface area contributed by atoms with Crippen LogP contribution < -0.4 is 4.31 Å². The van der Waals surface area contributed by atoms with Gasteiger partial charge in [0.1, 0.15) is 5.82 Å². The van der Waals surface area contributed by atoms with Crippen LogP contribution in [0.4, 0.5) is 23.4 Å². The lowest BCUT2D eigenvalue weighted by Gasteiger charge is -2.25. The zero-order chi connectivity index (χ0) is 23.8. The number of aryl methyl sites for hydroxylation is 1. The minimum Gasteiger partial charge on any atom is -0.244 e. The molecule has 0 saturated heterocycles. The number of hydrogen-bond donors (Lipinski definition) is 0. The molecule has 0 saturated carbocycles. The number of benzene rings is 2. The van der Waals surface area contributed by atoms with Gasteiger partial charge in [0.05, 0.1) is 17.1 Å². The first-order valence-electron chi connectivity index (χ1n) is 9.74. The standard InChI is InChI=1S/C23H17F4N3O2S/c1-15-19-10-6-5-7-16(19)13-28-22(15)30(33(31,32)18-8-3-2-4-9-18)14-17-11-12-20(24)21(29-17)23(25,26)27/h2-13H,14H2,1H3. The van der Waals surface area contributed by atoms with Crippen LogP contribution in [0.15, 0.2) is 77.8 Å². The van der Waals surface area contributed by atoms with Gasteiger partial charge >= 0.3 is 6.18 Å². The third-order valence-corrected chi connectivity index (χ3v) is 6.82. The number of nitrogens with zero attached hydrogens (tertiary/aromatic N) is 3. The van der Waals surface area contributed by atoms with Gasteiger partial charge in [0.2, 0.25) is 0 Å². The molecule has 5 nitrogen and oxygen atoms in total. The molecule has 0 aliphatic carbocycles. The Hall–Kier alpha value is -3.53. The number of aromatic nitrogens is 2. The van der Waals surface area contributed by atoms with Crippen molar-refractivity contribution in [1.29, 1.82) is 0 Å². The zero-order valence-electron chi connectivity index (χ0n) is 17.2. The molecule has 2 heterocycles. The normalized spacial score (nSPS) is 12.2. The molecule has 10 heteroatoms. The molecule has 2 aromatic carbocycles. The van der Waals surface area contributed by atoms with Crippen molar-refractivity contribution in [2.45, 2.75) is 24.5 Å². The Morgan fingerprint density at radius 3 is 2.30 bits per heavy atom. The highest BCUT2D eigenvalue weighted by Gasteiger charge is 2.37. The summed E-state index contributed by atoms with van der Waals surface area (Å²) in [6, 6.07) is 16.3. The van der Waals surface area contributed by atoms with Gasteiger partial charge in [0.25, 0.3) is 10.0 Å². The summed E-state index contributed by atoms with van der Waals surface area (Å²) in [5.41, 5.74) is -1.47. The van der Waals surface area contributed by atoms with Crippen LogP contribution in [-0.2, 0) is 22.7 Å². The minimum absolute atomic E-state index is 0.0391. The first kappa shape index (κ1) is 22.7. The second-order valence-electron chi connectivity index (χ2n) is 7.25. The maximum Gasteiger partial charge on any atom is 0.436 e. The van der Waals surface area contributed by atoms with Gasteiger partial charge in [-0.25, -0.2) is 27.1 Å². The highest BCUT2D eigenvalue weighted by Crippen LogP contribution is 2.33. The van der Waals surface area contributed by atoms with Crippen molar-refractivity contribution in [2.75, 3.05) is 4.31 Å². The summed E-state index contributed by atoms with van der Waals surface area (Å²) in [4.78, 5) is 7.61. The molecule has 170 valence electrons. The SMILES string of the molecule is Cc1c(N(Cc2ccc(F)c(C(F)(F)F)n2)S(=O)(=O)c2ccccc2)ncc2ccccc12. The number of anilines is 1. The molecule has 0 atom stereocenters. The zero-order valence-corrected chi connectivity index (χ0v) is 18.0. The molecule has 0 radical (unpaired) electrons. The first-order chi connectivity index (χ1) is 15.6. The molecule has 0 unspecified atom stereocenters. The Balaban J connectivity index is 1.89. The molecule has 0 spiro atoms. The van der Waals surface area contributed by atoms with Crippen LogP contribution in [0.2, 0.25) is 0 Å². The van der Waals surface area contributed by atoms with Crippen LogP contribution in [0.25, 0.3) is 10.8 Å². The second-order valence-corrected chi connectivity index (χ2v) is 9.11. The van der Waals surface area contributed by atoms with E-state index in [-0.39, 0.29) is 16.4 Å². The fourth-order valence-electron chi connectivity index (χ4n) is 3.46. The van der Waals surface area contributed by atoms with Gasteiger partial charge in [0.15, 0.2) is 11.5 Å². The fourth-order valence-corrected chi connectivity index (χ4v) is 4.93. The highest BCUT2D eigenvalue weighted by atomic mass is 32.2. The molecular weight excluding hydrogens is 458 g/mol. The second kappa shape index (κ2) is 8.43. The molecule has 0 aliphatic rings. The van der Waals surface area contributed by atoms with Crippen LogP contribution in [0.5, 0.6) is 0 Å². The largest absolute Gasteiger partial charge is 0.436 e. The van der Waals surface area contributed by atoms with Crippen molar-refractivity contribution in [2.24, 2.45) is 0 Å². The van der Waals surface area contributed by atoms with E-state index in [1.54, 1.807) is 25.1 Å². The molecule has 0 N–H and O–H groups in total. The van der Waals surface area contributed by atoms with E-state index in [0.29, 0.717) is 11.6 Å². The Bertz CT molecular complexity index is 1430. The minimum atomic E-state index is -5.03. The monoisotopic (exact) mass is 475 g/mol. The third kappa shape index (κ3) is 4.38. The third-order valence-electron chi connectivity index (χ3n) is 5.07. The van der Waals surface area contributed by atoms with E-state index in [0.717, 1.165) is 21.1 Å². The van der Waals surface area contributed by atoms with E-state index in [1.165, 1.54) is 30.5 Å². The van der Waals surface area contributed by atoms with Crippen LogP contribution in [0.1, 0.15) is 17.0 Å². The number of hydrogen-bond acceptors (Lipinski definition) is 4. The van der Waals surface area contributed by atoms with Crippen LogP contribution >= 0.6 is 0 Å². The summed E-state index contributed by atoms with van der Waals surface area (Å²) >= 11 is 0. The van der Waals surface area contributed by atoms with Crippen molar-refractivity contribution < 1.29 is 26.0 Å². The predicted molar refractivity (Wildman–Crippen MR) is 115 cm³/mol. The predicted octanol–water partition coefficient (Wildman–Crippen LogP) is 5.49. The topological polar surface area (TPSA) is 63.2 Å². The van der Waals surface area contributed by atoms with Gasteiger partial charge in [-0.2, -0.15) is 13.2 Å². The van der Waals surface area contributed by atoms with Crippen molar-refractivity contribution in [3.05, 3.63) is 95.7 Å². The quantitative estimate of drug-likeness (QED) is 0.358. The summed E-state index contributed by atoms with van der Waals surface area (Å²) in [5, 5.41) is 1.51. The van der Waals surface area contributed by atoms with Gasteiger partial charge in [-0.15, -0.1) is 0 Å². The lowest BCUT2D eigenvalue weighted by atomic mass is 10.1. The van der Waals surface area contributed by atoms with Crippen molar-refractivity contribution in [3.8, 4) is 0 Å². The maximum absolute atomic E-state index is 13.7. The average molecular weight is 475 g/mol. The van der Waals surface area contributed by atoms with Crippen molar-refractivity contribution in [3.63, 3.8) is 0 Å². The molecule has 0 amide bonds. The van der Waals surface area contributed by atoms with Crippen molar-refractivity contribution >= 4 is 26.6 Å². The average Bonchev–Trinajstić information content (AvgIpc) is 2.79. The summed E-state index contributed by atoms with van der Waals surface area (Å²) in [6.45, 7) is 1.10. The molecule has 4 aromatic rings. The summed E-state index contributed by atoms with van der Waals surface area (Å²) in [7, 11) is -4.25. The smallest absolute Gasteiger partial charge is 0.244 e. The van der Waals surface area contributed by atoms with Gasteiger partial charge in [-0.1, -0.05) is 42.5 Å². The molecule has 4 rings (SSSR count). The molecule has 33 heavy (non-hydrogen) atoms. The Morgan fingerprint density at radius 2 is 1.61 bits per heavy atom. The number of fused-ring (bicyclic) bond motifs is 1. The molecule has 0 bridgehead atoms. The van der Waals surface area contributed by atoms with Crippen LogP contribution in [-0.4, -0.2) is 18.4 Å². The van der Waals surface area contributed by atoms with E-state index >= 15 is 0 Å². The Morgan fingerprint density at radius 1 is 0.939 bits per heavy atom. The summed E-state index contributed by atoms with van der Waals surface area (Å²) in [5.74, 6) is -1.50. The number of halogens is 4. The fraction of sp³-hybridized carbons (Fsp3) is 0.130. The van der Waals surface area contributed by atoms with E-state index in [2.05, 4.69) is 9.97 Å². The van der Waals surface area contributed by atoms with E-state index < -0.39 is 34.3 Å². The maximum atomic E-state index is 13.7. The Labute approximate surface area is 187 Å². The molecule has 0 fully saturated rings. The number of pyridine rings is 2.